The van der Waals surface area contributed by atoms with Crippen LogP contribution in [0.15, 0.2) is 0 Å². The van der Waals surface area contributed by atoms with E-state index in [0.29, 0.717) is 0 Å². The lowest BCUT2D eigenvalue weighted by atomic mass is 10.1. The molecular weight excluding hydrogens is 182 g/mol. The topological polar surface area (TPSA) is 12.0 Å². The van der Waals surface area contributed by atoms with Crippen LogP contribution in [0.25, 0.3) is 0 Å². The summed E-state index contributed by atoms with van der Waals surface area (Å²) in [5, 5.41) is 3.62. The summed E-state index contributed by atoms with van der Waals surface area (Å²) in [4.78, 5) is 0. The van der Waals surface area contributed by atoms with Crippen LogP contribution in [0.3, 0.4) is 0 Å². The molecule has 1 aliphatic rings. The average molecular weight is 211 g/mol. The fourth-order valence-corrected chi connectivity index (χ4v) is 2.55. The number of hydrogen-bond acceptors (Lipinski definition) is 1. The fourth-order valence-electron chi connectivity index (χ4n) is 2.55. The van der Waals surface area contributed by atoms with Crippen LogP contribution in [0.2, 0.25) is 0 Å². The van der Waals surface area contributed by atoms with E-state index in [1.54, 1.807) is 0 Å². The van der Waals surface area contributed by atoms with Gasteiger partial charge in [-0.1, -0.05) is 51.9 Å². The summed E-state index contributed by atoms with van der Waals surface area (Å²) < 4.78 is 0. The fraction of sp³-hybridized carbons (Fsp3) is 1.00. The van der Waals surface area contributed by atoms with E-state index in [4.69, 9.17) is 0 Å². The third-order valence-electron chi connectivity index (χ3n) is 3.61. The van der Waals surface area contributed by atoms with E-state index in [1.165, 1.54) is 77.3 Å². The van der Waals surface area contributed by atoms with Crippen molar-refractivity contribution in [2.45, 2.75) is 71.1 Å². The van der Waals surface area contributed by atoms with Crippen LogP contribution in [-0.2, 0) is 0 Å². The highest BCUT2D eigenvalue weighted by atomic mass is 14.9. The van der Waals surface area contributed by atoms with Gasteiger partial charge in [0.15, 0.2) is 0 Å². The number of rotatable bonds is 9. The zero-order valence-electron chi connectivity index (χ0n) is 10.6. The highest BCUT2D eigenvalue weighted by Crippen LogP contribution is 2.23. The van der Waals surface area contributed by atoms with Crippen LogP contribution in [0.5, 0.6) is 0 Å². The first-order chi connectivity index (χ1) is 7.43. The predicted molar refractivity (Wildman–Crippen MR) is 68.2 cm³/mol. The Labute approximate surface area is 96.0 Å². The monoisotopic (exact) mass is 211 g/mol. The molecule has 1 fully saturated rings. The van der Waals surface area contributed by atoms with Crippen molar-refractivity contribution in [2.24, 2.45) is 5.92 Å². The lowest BCUT2D eigenvalue weighted by Gasteiger charge is -2.10. The standard InChI is InChI=1S/C14H29N/c1-2-3-4-5-6-9-12-15-13-14-10-7-8-11-14/h14-15H,2-13H2,1H3. The molecule has 90 valence electrons. The van der Waals surface area contributed by atoms with E-state index >= 15 is 0 Å². The van der Waals surface area contributed by atoms with Gasteiger partial charge in [-0.15, -0.1) is 0 Å². The largest absolute Gasteiger partial charge is 0.316 e. The maximum absolute atomic E-state index is 3.62. The van der Waals surface area contributed by atoms with Crippen LogP contribution < -0.4 is 5.32 Å². The predicted octanol–water partition coefficient (Wildman–Crippen LogP) is 4.13. The normalized spacial score (nSPS) is 17.4. The number of nitrogens with one attached hydrogen (secondary N) is 1. The Balaban J connectivity index is 1.73. The molecule has 0 aromatic heterocycles. The molecule has 1 rings (SSSR count). The van der Waals surface area contributed by atoms with Crippen LogP contribution in [0.1, 0.15) is 71.1 Å². The molecule has 0 amide bonds. The van der Waals surface area contributed by atoms with Gasteiger partial charge in [-0.3, -0.25) is 0 Å². The summed E-state index contributed by atoms with van der Waals surface area (Å²) in [5.74, 6) is 1.00. The van der Waals surface area contributed by atoms with Gasteiger partial charge < -0.3 is 5.32 Å². The summed E-state index contributed by atoms with van der Waals surface area (Å²) in [6.45, 7) is 4.82. The summed E-state index contributed by atoms with van der Waals surface area (Å²) in [6.07, 6.45) is 14.4. The van der Waals surface area contributed by atoms with Gasteiger partial charge >= 0.3 is 0 Å². The molecule has 1 saturated carbocycles. The smallest absolute Gasteiger partial charge is 0.00205 e. The van der Waals surface area contributed by atoms with Crippen LogP contribution in [0.4, 0.5) is 0 Å². The molecular formula is C14H29N. The van der Waals surface area contributed by atoms with Crippen molar-refractivity contribution in [3.8, 4) is 0 Å². The van der Waals surface area contributed by atoms with Gasteiger partial charge in [-0.05, 0) is 38.3 Å². The van der Waals surface area contributed by atoms with Crippen LogP contribution >= 0.6 is 0 Å². The van der Waals surface area contributed by atoms with Gasteiger partial charge in [0.2, 0.25) is 0 Å². The first-order valence-electron chi connectivity index (χ1n) is 7.14. The van der Waals surface area contributed by atoms with Crippen molar-refractivity contribution < 1.29 is 0 Å². The Kier molecular flexibility index (Phi) is 7.99. The number of unbranched alkanes of at least 4 members (excludes halogenated alkanes) is 5. The molecule has 0 atom stereocenters. The first kappa shape index (κ1) is 13.0. The molecule has 15 heavy (non-hydrogen) atoms. The Morgan fingerprint density at radius 1 is 0.933 bits per heavy atom. The summed E-state index contributed by atoms with van der Waals surface area (Å²) in [7, 11) is 0. The molecule has 0 unspecified atom stereocenters. The first-order valence-corrected chi connectivity index (χ1v) is 7.14. The number of hydrogen-bond donors (Lipinski definition) is 1. The summed E-state index contributed by atoms with van der Waals surface area (Å²) in [6, 6.07) is 0. The highest BCUT2D eigenvalue weighted by molar-refractivity contribution is 4.69. The Bertz CT molecular complexity index is 127. The van der Waals surface area contributed by atoms with Crippen molar-refractivity contribution in [1.29, 1.82) is 0 Å². The van der Waals surface area contributed by atoms with E-state index < -0.39 is 0 Å². The van der Waals surface area contributed by atoms with Gasteiger partial charge in [-0.25, -0.2) is 0 Å². The van der Waals surface area contributed by atoms with E-state index in [2.05, 4.69) is 12.2 Å². The van der Waals surface area contributed by atoms with Crippen molar-refractivity contribution in [3.05, 3.63) is 0 Å². The van der Waals surface area contributed by atoms with Crippen molar-refractivity contribution in [2.75, 3.05) is 13.1 Å². The minimum absolute atomic E-state index is 1.00. The third kappa shape index (κ3) is 6.94. The molecule has 0 radical (unpaired) electrons. The van der Waals surface area contributed by atoms with Gasteiger partial charge in [0.1, 0.15) is 0 Å². The lowest BCUT2D eigenvalue weighted by molar-refractivity contribution is 0.477. The molecule has 1 aliphatic carbocycles. The van der Waals surface area contributed by atoms with Gasteiger partial charge in [0.25, 0.3) is 0 Å². The molecule has 0 aromatic carbocycles. The SMILES string of the molecule is CCCCCCCCNCC1CCCC1. The third-order valence-corrected chi connectivity index (χ3v) is 3.61. The van der Waals surface area contributed by atoms with Crippen LogP contribution in [-0.4, -0.2) is 13.1 Å². The molecule has 0 saturated heterocycles. The van der Waals surface area contributed by atoms with Gasteiger partial charge in [-0.2, -0.15) is 0 Å². The van der Waals surface area contributed by atoms with Crippen molar-refractivity contribution in [3.63, 3.8) is 0 Å². The lowest BCUT2D eigenvalue weighted by Crippen LogP contribution is -2.22. The molecule has 0 aromatic rings. The second-order valence-electron chi connectivity index (χ2n) is 5.12. The second kappa shape index (κ2) is 9.21. The van der Waals surface area contributed by atoms with E-state index in [0.717, 1.165) is 5.92 Å². The van der Waals surface area contributed by atoms with Gasteiger partial charge in [0, 0.05) is 0 Å². The van der Waals surface area contributed by atoms with E-state index in [9.17, 15) is 0 Å². The molecule has 1 heteroatoms. The quantitative estimate of drug-likeness (QED) is 0.566. The minimum Gasteiger partial charge on any atom is -0.316 e. The van der Waals surface area contributed by atoms with Gasteiger partial charge in [0.05, 0.1) is 0 Å². The highest BCUT2D eigenvalue weighted by Gasteiger charge is 2.13. The Hall–Kier alpha value is -0.0400. The molecule has 0 heterocycles. The zero-order chi connectivity index (χ0) is 10.8. The maximum atomic E-state index is 3.62. The van der Waals surface area contributed by atoms with Crippen LogP contribution in [0, 0.1) is 5.92 Å². The molecule has 0 bridgehead atoms. The zero-order valence-corrected chi connectivity index (χ0v) is 10.6. The molecule has 0 aliphatic heterocycles. The van der Waals surface area contributed by atoms with E-state index in [-0.39, 0.29) is 0 Å². The Morgan fingerprint density at radius 3 is 2.33 bits per heavy atom. The second-order valence-corrected chi connectivity index (χ2v) is 5.12. The molecule has 1 N–H and O–H groups in total. The van der Waals surface area contributed by atoms with E-state index in [1.807, 2.05) is 0 Å². The minimum atomic E-state index is 1.00. The molecule has 0 spiro atoms. The summed E-state index contributed by atoms with van der Waals surface area (Å²) >= 11 is 0. The molecule has 1 nitrogen and oxygen atoms in total. The van der Waals surface area contributed by atoms with Crippen molar-refractivity contribution in [1.82, 2.24) is 5.32 Å². The average Bonchev–Trinajstić information content (AvgIpc) is 2.75. The summed E-state index contributed by atoms with van der Waals surface area (Å²) in [5.41, 5.74) is 0. The maximum Gasteiger partial charge on any atom is -0.00205 e. The van der Waals surface area contributed by atoms with Crippen molar-refractivity contribution >= 4 is 0 Å². The Morgan fingerprint density at radius 2 is 1.60 bits per heavy atom.